The van der Waals surface area contributed by atoms with Gasteiger partial charge in [0.15, 0.2) is 6.19 Å². The second kappa shape index (κ2) is 13.1. The molecule has 0 aliphatic rings. The van der Waals surface area contributed by atoms with Crippen molar-refractivity contribution in [3.63, 3.8) is 0 Å². The van der Waals surface area contributed by atoms with Crippen LogP contribution in [0, 0.1) is 11.5 Å². The number of nitrogens with two attached hydrogens (primary N) is 1. The molecule has 0 radical (unpaired) electrons. The van der Waals surface area contributed by atoms with Crippen molar-refractivity contribution in [2.24, 2.45) is 5.73 Å². The maximum Gasteiger partial charge on any atom is 0.176 e. The van der Waals surface area contributed by atoms with E-state index in [2.05, 4.69) is 21.3 Å². The standard InChI is InChI=1S/C9H22N6/c10-1-2-12-3-4-13-5-6-14-7-8-15-9-11/h12-15H,1-8,10H2. The lowest BCUT2D eigenvalue weighted by Crippen LogP contribution is -2.35. The second-order valence-electron chi connectivity index (χ2n) is 3.08. The van der Waals surface area contributed by atoms with Gasteiger partial charge in [-0.3, -0.25) is 0 Å². The number of nitrogens with one attached hydrogen (secondary N) is 4. The maximum absolute atomic E-state index is 8.19. The largest absolute Gasteiger partial charge is 0.329 e. The molecule has 6 N–H and O–H groups in total. The molecule has 15 heavy (non-hydrogen) atoms. The third-order valence-corrected chi connectivity index (χ3v) is 1.78. The van der Waals surface area contributed by atoms with Crippen molar-refractivity contribution in [3.05, 3.63) is 0 Å². The summed E-state index contributed by atoms with van der Waals surface area (Å²) in [6, 6.07) is 0. The summed E-state index contributed by atoms with van der Waals surface area (Å²) in [5.74, 6) is 0. The molecule has 0 amide bonds. The van der Waals surface area contributed by atoms with Crippen LogP contribution < -0.4 is 27.0 Å². The first-order valence-electron chi connectivity index (χ1n) is 5.36. The monoisotopic (exact) mass is 214 g/mol. The molecule has 0 heterocycles. The van der Waals surface area contributed by atoms with Crippen LogP contribution in [0.4, 0.5) is 0 Å². The summed E-state index contributed by atoms with van der Waals surface area (Å²) in [5.41, 5.74) is 5.33. The molecule has 0 aliphatic carbocycles. The zero-order valence-corrected chi connectivity index (χ0v) is 9.18. The van der Waals surface area contributed by atoms with Crippen molar-refractivity contribution in [2.75, 3.05) is 52.4 Å². The van der Waals surface area contributed by atoms with E-state index < -0.39 is 0 Å². The summed E-state index contributed by atoms with van der Waals surface area (Å²) < 4.78 is 0. The normalized spacial score (nSPS) is 9.87. The van der Waals surface area contributed by atoms with Crippen molar-refractivity contribution in [1.82, 2.24) is 21.3 Å². The van der Waals surface area contributed by atoms with Gasteiger partial charge in [-0.2, -0.15) is 5.26 Å². The van der Waals surface area contributed by atoms with Crippen molar-refractivity contribution >= 4 is 0 Å². The molecule has 0 atom stereocenters. The number of nitrogens with zero attached hydrogens (tertiary/aromatic N) is 1. The summed E-state index contributed by atoms with van der Waals surface area (Å²) >= 11 is 0. The van der Waals surface area contributed by atoms with Crippen LogP contribution in [-0.2, 0) is 0 Å². The third kappa shape index (κ3) is 13.1. The Morgan fingerprint density at radius 3 is 1.73 bits per heavy atom. The fraction of sp³-hybridized carbons (Fsp3) is 0.889. The predicted octanol–water partition coefficient (Wildman–Crippen LogP) is -2.22. The number of hydrogen-bond acceptors (Lipinski definition) is 6. The lowest BCUT2D eigenvalue weighted by molar-refractivity contribution is 0.581. The van der Waals surface area contributed by atoms with Crippen LogP contribution in [0.2, 0.25) is 0 Å². The van der Waals surface area contributed by atoms with Gasteiger partial charge in [0.2, 0.25) is 0 Å². The Morgan fingerprint density at radius 1 is 0.800 bits per heavy atom. The van der Waals surface area contributed by atoms with Gasteiger partial charge in [-0.15, -0.1) is 0 Å². The highest BCUT2D eigenvalue weighted by atomic mass is 15.0. The molecule has 0 rings (SSSR count). The van der Waals surface area contributed by atoms with E-state index in [1.165, 1.54) is 0 Å². The molecule has 0 unspecified atom stereocenters. The van der Waals surface area contributed by atoms with Crippen LogP contribution >= 0.6 is 0 Å². The van der Waals surface area contributed by atoms with E-state index in [0.717, 1.165) is 39.3 Å². The van der Waals surface area contributed by atoms with E-state index >= 15 is 0 Å². The first-order chi connectivity index (χ1) is 7.41. The predicted molar refractivity (Wildman–Crippen MR) is 61.3 cm³/mol. The molecule has 0 saturated carbocycles. The second-order valence-corrected chi connectivity index (χ2v) is 3.08. The zero-order chi connectivity index (χ0) is 11.2. The van der Waals surface area contributed by atoms with Gasteiger partial charge in [0.1, 0.15) is 0 Å². The first kappa shape index (κ1) is 14.1. The number of nitriles is 1. The summed E-state index contributed by atoms with van der Waals surface area (Å²) in [6.07, 6.45) is 1.87. The van der Waals surface area contributed by atoms with Gasteiger partial charge < -0.3 is 27.0 Å². The van der Waals surface area contributed by atoms with Crippen LogP contribution in [0.1, 0.15) is 0 Å². The van der Waals surface area contributed by atoms with Gasteiger partial charge in [0, 0.05) is 52.4 Å². The lowest BCUT2D eigenvalue weighted by atomic mass is 10.5. The van der Waals surface area contributed by atoms with Crippen molar-refractivity contribution in [1.29, 1.82) is 5.26 Å². The molecular formula is C9H22N6. The molecule has 0 saturated heterocycles. The topological polar surface area (TPSA) is 97.9 Å². The van der Waals surface area contributed by atoms with Crippen molar-refractivity contribution in [2.45, 2.75) is 0 Å². The summed E-state index contributed by atoms with van der Waals surface area (Å²) in [7, 11) is 0. The molecule has 0 bridgehead atoms. The minimum atomic E-state index is 0.688. The highest BCUT2D eigenvalue weighted by Crippen LogP contribution is 1.61. The Labute approximate surface area is 91.6 Å². The van der Waals surface area contributed by atoms with E-state index in [1.54, 1.807) is 0 Å². The third-order valence-electron chi connectivity index (χ3n) is 1.78. The lowest BCUT2D eigenvalue weighted by Gasteiger charge is -2.06. The molecule has 0 fully saturated rings. The minimum Gasteiger partial charge on any atom is -0.329 e. The molecular weight excluding hydrogens is 192 g/mol. The quantitative estimate of drug-likeness (QED) is 0.152. The minimum absolute atomic E-state index is 0.688. The van der Waals surface area contributed by atoms with Gasteiger partial charge in [-0.05, 0) is 0 Å². The van der Waals surface area contributed by atoms with Crippen LogP contribution in [0.5, 0.6) is 0 Å². The van der Waals surface area contributed by atoms with Gasteiger partial charge in [0.05, 0.1) is 0 Å². The molecule has 0 aliphatic heterocycles. The molecule has 6 nitrogen and oxygen atoms in total. The summed E-state index contributed by atoms with van der Waals surface area (Å²) in [4.78, 5) is 0. The smallest absolute Gasteiger partial charge is 0.176 e. The van der Waals surface area contributed by atoms with E-state index in [4.69, 9.17) is 11.0 Å². The number of hydrogen-bond donors (Lipinski definition) is 5. The molecule has 0 aromatic rings. The SMILES string of the molecule is N#CNCCNCCNCCNCCN. The molecule has 0 aromatic carbocycles. The van der Waals surface area contributed by atoms with Crippen LogP contribution in [-0.4, -0.2) is 52.4 Å². The molecule has 0 aromatic heterocycles. The average Bonchev–Trinajstić information content (AvgIpc) is 2.26. The first-order valence-corrected chi connectivity index (χ1v) is 5.36. The summed E-state index contributed by atoms with van der Waals surface area (Å²) in [6.45, 7) is 6.84. The molecule has 88 valence electrons. The number of rotatable bonds is 11. The summed E-state index contributed by atoms with van der Waals surface area (Å²) in [5, 5.41) is 20.5. The van der Waals surface area contributed by atoms with Crippen LogP contribution in [0.15, 0.2) is 0 Å². The van der Waals surface area contributed by atoms with Gasteiger partial charge in [0.25, 0.3) is 0 Å². The van der Waals surface area contributed by atoms with Gasteiger partial charge in [-0.25, -0.2) is 0 Å². The van der Waals surface area contributed by atoms with Crippen molar-refractivity contribution in [3.8, 4) is 6.19 Å². The highest BCUT2D eigenvalue weighted by Gasteiger charge is 1.88. The van der Waals surface area contributed by atoms with Crippen LogP contribution in [0.25, 0.3) is 0 Å². The van der Waals surface area contributed by atoms with E-state index in [0.29, 0.717) is 13.1 Å². The maximum atomic E-state index is 8.19. The Hall–Kier alpha value is -0.870. The average molecular weight is 214 g/mol. The fourth-order valence-corrected chi connectivity index (χ4v) is 1.04. The molecule has 6 heteroatoms. The van der Waals surface area contributed by atoms with Gasteiger partial charge in [-0.1, -0.05) is 0 Å². The Kier molecular flexibility index (Phi) is 12.4. The Balaban J connectivity index is 2.84. The van der Waals surface area contributed by atoms with Crippen molar-refractivity contribution < 1.29 is 0 Å². The van der Waals surface area contributed by atoms with Crippen LogP contribution in [0.3, 0.4) is 0 Å². The highest BCUT2D eigenvalue weighted by molar-refractivity contribution is 4.65. The molecule has 0 spiro atoms. The van der Waals surface area contributed by atoms with Gasteiger partial charge >= 0.3 is 0 Å². The van der Waals surface area contributed by atoms with E-state index in [-0.39, 0.29) is 0 Å². The Bertz CT molecular complexity index is 155. The zero-order valence-electron chi connectivity index (χ0n) is 9.18. The Morgan fingerprint density at radius 2 is 1.27 bits per heavy atom. The van der Waals surface area contributed by atoms with E-state index in [9.17, 15) is 0 Å². The fourth-order valence-electron chi connectivity index (χ4n) is 1.04. The van der Waals surface area contributed by atoms with E-state index in [1.807, 2.05) is 6.19 Å².